The number of hydrogen-bond donors (Lipinski definition) is 2. The van der Waals surface area contributed by atoms with Crippen molar-refractivity contribution >= 4 is 28.3 Å². The van der Waals surface area contributed by atoms with Crippen LogP contribution in [0.2, 0.25) is 0 Å². The van der Waals surface area contributed by atoms with Crippen molar-refractivity contribution < 1.29 is 14.7 Å². The molecule has 0 aliphatic rings. The number of nitrogens with one attached hydrogen (secondary N) is 1. The fourth-order valence-corrected chi connectivity index (χ4v) is 3.28. The third-order valence-electron chi connectivity index (χ3n) is 3.92. The Balaban J connectivity index is 1.62. The van der Waals surface area contributed by atoms with Gasteiger partial charge in [0.25, 0.3) is 0 Å². The minimum absolute atomic E-state index is 0.0535. The van der Waals surface area contributed by atoms with E-state index in [9.17, 15) is 9.59 Å². The van der Waals surface area contributed by atoms with Gasteiger partial charge in [-0.1, -0.05) is 0 Å². The summed E-state index contributed by atoms with van der Waals surface area (Å²) in [7, 11) is 0. The standard InChI is InChI=1S/C16H18N6O3S/c1-3-21-10(2)11(8-18-21)12-9-26-16(19-12)20-14(23)5-7-22-13(15(24)25)4-6-17-22/h4,6,8-9H,3,5,7H2,1-2H3,(H,24,25)(H,19,20,23). The number of nitrogens with zero attached hydrogens (tertiary/aromatic N) is 5. The van der Waals surface area contributed by atoms with Gasteiger partial charge in [0, 0.05) is 35.8 Å². The van der Waals surface area contributed by atoms with Crippen LogP contribution in [0, 0.1) is 6.92 Å². The molecule has 0 aliphatic heterocycles. The summed E-state index contributed by atoms with van der Waals surface area (Å²) < 4.78 is 3.18. The fourth-order valence-electron chi connectivity index (χ4n) is 2.55. The predicted molar refractivity (Wildman–Crippen MR) is 96.2 cm³/mol. The van der Waals surface area contributed by atoms with Gasteiger partial charge >= 0.3 is 5.97 Å². The molecule has 3 heterocycles. The monoisotopic (exact) mass is 374 g/mol. The summed E-state index contributed by atoms with van der Waals surface area (Å²) >= 11 is 1.33. The molecule has 26 heavy (non-hydrogen) atoms. The van der Waals surface area contributed by atoms with Crippen molar-refractivity contribution in [1.82, 2.24) is 24.5 Å². The van der Waals surface area contributed by atoms with Gasteiger partial charge in [-0.2, -0.15) is 10.2 Å². The lowest BCUT2D eigenvalue weighted by atomic mass is 10.2. The molecular formula is C16H18N6O3S. The molecule has 0 saturated heterocycles. The number of carboxylic acids is 1. The van der Waals surface area contributed by atoms with Gasteiger partial charge in [-0.25, -0.2) is 9.78 Å². The van der Waals surface area contributed by atoms with Crippen molar-refractivity contribution in [2.24, 2.45) is 0 Å². The quantitative estimate of drug-likeness (QED) is 0.655. The summed E-state index contributed by atoms with van der Waals surface area (Å²) in [5.41, 5.74) is 2.78. The van der Waals surface area contributed by atoms with Gasteiger partial charge in [-0.15, -0.1) is 11.3 Å². The molecule has 10 heteroatoms. The highest BCUT2D eigenvalue weighted by atomic mass is 32.1. The Kier molecular flexibility index (Phi) is 5.12. The van der Waals surface area contributed by atoms with Crippen LogP contribution >= 0.6 is 11.3 Å². The molecule has 0 aliphatic carbocycles. The molecule has 3 rings (SSSR count). The Labute approximate surface area is 153 Å². The Hall–Kier alpha value is -3.01. The minimum Gasteiger partial charge on any atom is -0.477 e. The van der Waals surface area contributed by atoms with Crippen LogP contribution in [0.4, 0.5) is 5.13 Å². The zero-order valence-electron chi connectivity index (χ0n) is 14.3. The van der Waals surface area contributed by atoms with E-state index in [0.717, 1.165) is 23.5 Å². The topological polar surface area (TPSA) is 115 Å². The summed E-state index contributed by atoms with van der Waals surface area (Å²) in [6, 6.07) is 1.39. The molecule has 0 saturated carbocycles. The highest BCUT2D eigenvalue weighted by Gasteiger charge is 2.14. The number of thiazole rings is 1. The highest BCUT2D eigenvalue weighted by Crippen LogP contribution is 2.27. The van der Waals surface area contributed by atoms with Crippen molar-refractivity contribution in [3.8, 4) is 11.3 Å². The largest absolute Gasteiger partial charge is 0.477 e. The third kappa shape index (κ3) is 3.64. The number of carbonyl (C=O) groups is 2. The molecule has 3 aromatic heterocycles. The number of carbonyl (C=O) groups excluding carboxylic acids is 1. The number of amides is 1. The molecule has 0 atom stereocenters. The first-order valence-electron chi connectivity index (χ1n) is 8.02. The number of aromatic carboxylic acids is 1. The van der Waals surface area contributed by atoms with Crippen LogP contribution in [0.15, 0.2) is 23.8 Å². The average molecular weight is 374 g/mol. The lowest BCUT2D eigenvalue weighted by molar-refractivity contribution is -0.116. The summed E-state index contributed by atoms with van der Waals surface area (Å²) in [4.78, 5) is 27.6. The predicted octanol–water partition coefficient (Wildman–Crippen LogP) is 2.26. The van der Waals surface area contributed by atoms with E-state index >= 15 is 0 Å². The van der Waals surface area contributed by atoms with Gasteiger partial charge in [0.2, 0.25) is 5.91 Å². The van der Waals surface area contributed by atoms with Crippen LogP contribution in [-0.4, -0.2) is 41.5 Å². The first-order chi connectivity index (χ1) is 12.5. The van der Waals surface area contributed by atoms with Crippen LogP contribution in [0.1, 0.15) is 29.5 Å². The maximum Gasteiger partial charge on any atom is 0.354 e. The number of hydrogen-bond acceptors (Lipinski definition) is 6. The van der Waals surface area contributed by atoms with Gasteiger partial charge in [-0.3, -0.25) is 14.2 Å². The van der Waals surface area contributed by atoms with E-state index in [1.54, 1.807) is 6.20 Å². The summed E-state index contributed by atoms with van der Waals surface area (Å²) in [6.45, 7) is 4.96. The van der Waals surface area contributed by atoms with Crippen molar-refractivity contribution in [1.29, 1.82) is 0 Å². The Morgan fingerprint density at radius 3 is 2.81 bits per heavy atom. The van der Waals surface area contributed by atoms with E-state index in [1.165, 1.54) is 28.3 Å². The molecule has 2 N–H and O–H groups in total. The molecule has 0 aromatic carbocycles. The second kappa shape index (κ2) is 7.48. The normalized spacial score (nSPS) is 10.8. The van der Waals surface area contributed by atoms with Crippen molar-refractivity contribution in [3.05, 3.63) is 35.2 Å². The summed E-state index contributed by atoms with van der Waals surface area (Å²) in [6.07, 6.45) is 3.27. The van der Waals surface area contributed by atoms with E-state index in [-0.39, 0.29) is 24.6 Å². The molecule has 0 bridgehead atoms. The molecule has 9 nitrogen and oxygen atoms in total. The second-order valence-corrected chi connectivity index (χ2v) is 6.40. The van der Waals surface area contributed by atoms with Crippen LogP contribution in [-0.2, 0) is 17.9 Å². The minimum atomic E-state index is -1.07. The lowest BCUT2D eigenvalue weighted by Gasteiger charge is -2.04. The molecule has 1 amide bonds. The maximum atomic E-state index is 12.1. The maximum absolute atomic E-state index is 12.1. The first kappa shape index (κ1) is 17.8. The molecule has 0 radical (unpaired) electrons. The zero-order chi connectivity index (χ0) is 18.7. The number of carboxylic acid groups (broad SMARTS) is 1. The van der Waals surface area contributed by atoms with Crippen molar-refractivity contribution in [2.75, 3.05) is 5.32 Å². The van der Waals surface area contributed by atoms with E-state index in [0.29, 0.717) is 5.13 Å². The fraction of sp³-hybridized carbons (Fsp3) is 0.312. The molecule has 0 unspecified atom stereocenters. The van der Waals surface area contributed by atoms with Crippen LogP contribution in [0.25, 0.3) is 11.3 Å². The average Bonchev–Trinajstić information content (AvgIpc) is 3.32. The summed E-state index contributed by atoms with van der Waals surface area (Å²) in [5, 5.41) is 22.3. The number of anilines is 1. The van der Waals surface area contributed by atoms with E-state index < -0.39 is 5.97 Å². The van der Waals surface area contributed by atoms with Crippen molar-refractivity contribution in [2.45, 2.75) is 33.4 Å². The number of rotatable bonds is 7. The Morgan fingerprint density at radius 1 is 1.31 bits per heavy atom. The molecular weight excluding hydrogens is 356 g/mol. The summed E-state index contributed by atoms with van der Waals surface area (Å²) in [5.74, 6) is -1.32. The van der Waals surface area contributed by atoms with Gasteiger partial charge in [0.05, 0.1) is 18.4 Å². The van der Waals surface area contributed by atoms with Crippen LogP contribution in [0.3, 0.4) is 0 Å². The zero-order valence-corrected chi connectivity index (χ0v) is 15.2. The SMILES string of the molecule is CCn1ncc(-c2csc(NC(=O)CCn3nccc3C(=O)O)n2)c1C. The number of aromatic nitrogens is 5. The van der Waals surface area contributed by atoms with Crippen molar-refractivity contribution in [3.63, 3.8) is 0 Å². The van der Waals surface area contributed by atoms with E-state index in [1.807, 2.05) is 23.9 Å². The Morgan fingerprint density at radius 2 is 2.12 bits per heavy atom. The van der Waals surface area contributed by atoms with Crippen LogP contribution in [0.5, 0.6) is 0 Å². The van der Waals surface area contributed by atoms with Gasteiger partial charge in [-0.05, 0) is 19.9 Å². The highest BCUT2D eigenvalue weighted by molar-refractivity contribution is 7.14. The van der Waals surface area contributed by atoms with Gasteiger partial charge in [0.1, 0.15) is 5.69 Å². The van der Waals surface area contributed by atoms with E-state index in [4.69, 9.17) is 5.11 Å². The Bertz CT molecular complexity index is 942. The number of aryl methyl sites for hydroxylation is 2. The molecule has 0 spiro atoms. The lowest BCUT2D eigenvalue weighted by Crippen LogP contribution is -2.17. The van der Waals surface area contributed by atoms with Gasteiger partial charge in [0.15, 0.2) is 5.13 Å². The third-order valence-corrected chi connectivity index (χ3v) is 4.67. The van der Waals surface area contributed by atoms with E-state index in [2.05, 4.69) is 20.5 Å². The smallest absolute Gasteiger partial charge is 0.354 e. The molecule has 136 valence electrons. The second-order valence-electron chi connectivity index (χ2n) is 5.54. The van der Waals surface area contributed by atoms with Gasteiger partial charge < -0.3 is 10.4 Å². The van der Waals surface area contributed by atoms with Crippen LogP contribution < -0.4 is 5.32 Å². The first-order valence-corrected chi connectivity index (χ1v) is 8.90. The molecule has 0 fully saturated rings. The molecule has 3 aromatic rings.